The van der Waals surface area contributed by atoms with Crippen LogP contribution in [0.5, 0.6) is 0 Å². The van der Waals surface area contributed by atoms with Crippen LogP contribution in [0, 0.1) is 6.92 Å². The molecule has 0 aliphatic carbocycles. The summed E-state index contributed by atoms with van der Waals surface area (Å²) in [6, 6.07) is 15.8. The van der Waals surface area contributed by atoms with Gasteiger partial charge in [0.2, 0.25) is 10.0 Å². The highest BCUT2D eigenvalue weighted by Gasteiger charge is 2.47. The molecule has 1 saturated heterocycles. The molecule has 1 fully saturated rings. The topological polar surface area (TPSA) is 106 Å². The number of carbonyl (C=O) groups excluding carboxylic acids is 1. The van der Waals surface area contributed by atoms with Crippen LogP contribution in [0.3, 0.4) is 0 Å². The standard InChI is InChI=1S/C23H25N5O4S/c1-17-6-5-7-18(12-17)22(29)24-13-20-21-14-32-23(16-28(21)26-25-20)10-11-27(15-23)33(30,31)19-8-3-2-4-9-19/h2-9,12H,10-11,13-16H2,1H3,(H,24,29). The van der Waals surface area contributed by atoms with Crippen LogP contribution in [0.4, 0.5) is 0 Å². The first-order chi connectivity index (χ1) is 15.9. The fourth-order valence-corrected chi connectivity index (χ4v) is 5.92. The summed E-state index contributed by atoms with van der Waals surface area (Å²) in [6.45, 7) is 3.52. The van der Waals surface area contributed by atoms with Crippen LogP contribution in [-0.4, -0.2) is 52.3 Å². The van der Waals surface area contributed by atoms with Gasteiger partial charge in [-0.1, -0.05) is 41.1 Å². The second-order valence-electron chi connectivity index (χ2n) is 8.57. The van der Waals surface area contributed by atoms with Gasteiger partial charge in [0.05, 0.1) is 30.3 Å². The van der Waals surface area contributed by atoms with Gasteiger partial charge in [-0.2, -0.15) is 4.31 Å². The van der Waals surface area contributed by atoms with Gasteiger partial charge in [0.25, 0.3) is 5.91 Å². The number of aromatic nitrogens is 3. The second-order valence-corrected chi connectivity index (χ2v) is 10.5. The van der Waals surface area contributed by atoms with E-state index in [0.29, 0.717) is 30.8 Å². The summed E-state index contributed by atoms with van der Waals surface area (Å²) in [5.74, 6) is -0.175. The van der Waals surface area contributed by atoms with Crippen molar-refractivity contribution in [3.8, 4) is 0 Å². The van der Waals surface area contributed by atoms with Crippen molar-refractivity contribution in [2.45, 2.75) is 43.5 Å². The van der Waals surface area contributed by atoms with Crippen LogP contribution < -0.4 is 5.32 Å². The summed E-state index contributed by atoms with van der Waals surface area (Å²) in [4.78, 5) is 12.7. The molecule has 10 heteroatoms. The molecule has 1 spiro atoms. The Kier molecular flexibility index (Phi) is 5.51. The Labute approximate surface area is 192 Å². The number of carbonyl (C=O) groups is 1. The maximum Gasteiger partial charge on any atom is 0.251 e. The van der Waals surface area contributed by atoms with E-state index in [-0.39, 0.29) is 30.5 Å². The molecule has 1 unspecified atom stereocenters. The quantitative estimate of drug-likeness (QED) is 0.614. The molecule has 1 aromatic heterocycles. The molecule has 1 atom stereocenters. The molecule has 0 radical (unpaired) electrons. The number of hydrogen-bond acceptors (Lipinski definition) is 6. The summed E-state index contributed by atoms with van der Waals surface area (Å²) >= 11 is 0. The number of nitrogens with one attached hydrogen (secondary N) is 1. The largest absolute Gasteiger partial charge is 0.365 e. The molecular formula is C23H25N5O4S. The van der Waals surface area contributed by atoms with Crippen molar-refractivity contribution < 1.29 is 17.9 Å². The second kappa shape index (κ2) is 8.36. The fraction of sp³-hybridized carbons (Fsp3) is 0.348. The predicted molar refractivity (Wildman–Crippen MR) is 120 cm³/mol. The number of benzene rings is 2. The van der Waals surface area contributed by atoms with Crippen LogP contribution in [0.25, 0.3) is 0 Å². The molecule has 2 aliphatic rings. The SMILES string of the molecule is Cc1cccc(C(=O)NCc2nnn3c2COC2(CCN(S(=O)(=O)c4ccccc4)C2)C3)c1. The molecule has 2 aromatic carbocycles. The molecule has 9 nitrogen and oxygen atoms in total. The summed E-state index contributed by atoms with van der Waals surface area (Å²) in [5, 5.41) is 11.4. The van der Waals surface area contributed by atoms with Gasteiger partial charge in [-0.3, -0.25) is 4.79 Å². The van der Waals surface area contributed by atoms with Crippen molar-refractivity contribution in [3.63, 3.8) is 0 Å². The maximum absolute atomic E-state index is 13.0. The Bertz CT molecular complexity index is 1290. The van der Waals surface area contributed by atoms with Gasteiger partial charge in [0, 0.05) is 18.7 Å². The molecule has 2 aliphatic heterocycles. The average Bonchev–Trinajstić information content (AvgIpc) is 3.42. The van der Waals surface area contributed by atoms with Crippen molar-refractivity contribution in [2.24, 2.45) is 0 Å². The highest BCUT2D eigenvalue weighted by molar-refractivity contribution is 7.89. The summed E-state index contributed by atoms with van der Waals surface area (Å²) in [7, 11) is -3.57. The lowest BCUT2D eigenvalue weighted by Gasteiger charge is -2.34. The smallest absolute Gasteiger partial charge is 0.251 e. The van der Waals surface area contributed by atoms with Gasteiger partial charge < -0.3 is 10.1 Å². The number of ether oxygens (including phenoxy) is 1. The zero-order valence-electron chi connectivity index (χ0n) is 18.3. The first-order valence-corrected chi connectivity index (χ1v) is 12.3. The first-order valence-electron chi connectivity index (χ1n) is 10.8. The monoisotopic (exact) mass is 467 g/mol. The van der Waals surface area contributed by atoms with Crippen LogP contribution >= 0.6 is 0 Å². The third kappa shape index (κ3) is 4.17. The van der Waals surface area contributed by atoms with Gasteiger partial charge in [0.1, 0.15) is 11.3 Å². The number of amides is 1. The van der Waals surface area contributed by atoms with Crippen molar-refractivity contribution in [1.82, 2.24) is 24.6 Å². The molecule has 1 N–H and O–H groups in total. The minimum atomic E-state index is -3.57. The molecule has 0 saturated carbocycles. The summed E-state index contributed by atoms with van der Waals surface area (Å²) in [5.41, 5.74) is 2.43. The van der Waals surface area contributed by atoms with E-state index < -0.39 is 15.6 Å². The lowest BCUT2D eigenvalue weighted by Crippen LogP contribution is -2.45. The van der Waals surface area contributed by atoms with Crippen molar-refractivity contribution in [2.75, 3.05) is 13.1 Å². The molecular weight excluding hydrogens is 442 g/mol. The van der Waals surface area contributed by atoms with Gasteiger partial charge in [-0.15, -0.1) is 5.10 Å². The molecule has 1 amide bonds. The van der Waals surface area contributed by atoms with Crippen LogP contribution in [0.2, 0.25) is 0 Å². The highest BCUT2D eigenvalue weighted by atomic mass is 32.2. The van der Waals surface area contributed by atoms with Gasteiger partial charge >= 0.3 is 0 Å². The Morgan fingerprint density at radius 3 is 2.76 bits per heavy atom. The Balaban J connectivity index is 1.26. The minimum absolute atomic E-state index is 0.175. The van der Waals surface area contributed by atoms with Crippen LogP contribution in [0.1, 0.15) is 33.7 Å². The van der Waals surface area contributed by atoms with E-state index in [9.17, 15) is 13.2 Å². The number of sulfonamides is 1. The van der Waals surface area contributed by atoms with Crippen LogP contribution in [0.15, 0.2) is 59.5 Å². The number of hydrogen-bond donors (Lipinski definition) is 1. The Hall–Kier alpha value is -3.08. The molecule has 3 heterocycles. The van der Waals surface area contributed by atoms with Gasteiger partial charge in [-0.05, 0) is 37.6 Å². The van der Waals surface area contributed by atoms with Gasteiger partial charge in [-0.25, -0.2) is 13.1 Å². The maximum atomic E-state index is 13.0. The van der Waals surface area contributed by atoms with Crippen molar-refractivity contribution in [3.05, 3.63) is 77.1 Å². The van der Waals surface area contributed by atoms with E-state index in [2.05, 4.69) is 15.6 Å². The normalized spacial score (nSPS) is 20.6. The summed E-state index contributed by atoms with van der Waals surface area (Å²) < 4.78 is 35.4. The molecule has 0 bridgehead atoms. The van der Waals surface area contributed by atoms with Crippen molar-refractivity contribution >= 4 is 15.9 Å². The van der Waals surface area contributed by atoms with E-state index in [4.69, 9.17) is 4.74 Å². The lowest BCUT2D eigenvalue weighted by atomic mass is 10.0. The third-order valence-electron chi connectivity index (χ3n) is 6.23. The van der Waals surface area contributed by atoms with Crippen LogP contribution in [-0.2, 0) is 34.5 Å². The minimum Gasteiger partial charge on any atom is -0.365 e. The number of fused-ring (bicyclic) bond motifs is 1. The Morgan fingerprint density at radius 2 is 1.97 bits per heavy atom. The zero-order valence-corrected chi connectivity index (χ0v) is 19.1. The number of aryl methyl sites for hydroxylation is 1. The average molecular weight is 468 g/mol. The third-order valence-corrected chi connectivity index (χ3v) is 8.09. The Morgan fingerprint density at radius 1 is 1.15 bits per heavy atom. The van der Waals surface area contributed by atoms with E-state index in [1.807, 2.05) is 25.1 Å². The zero-order chi connectivity index (χ0) is 23.1. The molecule has 172 valence electrons. The fourth-order valence-electron chi connectivity index (χ4n) is 4.38. The number of rotatable bonds is 5. The van der Waals surface area contributed by atoms with E-state index in [0.717, 1.165) is 11.3 Å². The molecule has 3 aromatic rings. The molecule has 33 heavy (non-hydrogen) atoms. The highest BCUT2D eigenvalue weighted by Crippen LogP contribution is 2.35. The first kappa shape index (κ1) is 21.7. The van der Waals surface area contributed by atoms with E-state index >= 15 is 0 Å². The van der Waals surface area contributed by atoms with Gasteiger partial charge in [0.15, 0.2) is 0 Å². The lowest BCUT2D eigenvalue weighted by molar-refractivity contribution is -0.0813. The van der Waals surface area contributed by atoms with E-state index in [1.165, 1.54) is 4.31 Å². The summed E-state index contributed by atoms with van der Waals surface area (Å²) in [6.07, 6.45) is 0.581. The van der Waals surface area contributed by atoms with Crippen molar-refractivity contribution in [1.29, 1.82) is 0 Å². The predicted octanol–water partition coefficient (Wildman–Crippen LogP) is 1.88. The molecule has 5 rings (SSSR count). The number of nitrogens with zero attached hydrogens (tertiary/aromatic N) is 4. The van der Waals surface area contributed by atoms with E-state index in [1.54, 1.807) is 41.1 Å².